The molecule has 1 aromatic rings. The van der Waals surface area contributed by atoms with E-state index in [1.807, 2.05) is 0 Å². The lowest BCUT2D eigenvalue weighted by atomic mass is 9.78. The van der Waals surface area contributed by atoms with Crippen molar-refractivity contribution in [2.45, 2.75) is 43.0 Å². The van der Waals surface area contributed by atoms with Gasteiger partial charge in [0.15, 0.2) is 0 Å². The van der Waals surface area contributed by atoms with Crippen molar-refractivity contribution in [2.75, 3.05) is 0 Å². The Bertz CT molecular complexity index is 638. The van der Waals surface area contributed by atoms with Crippen molar-refractivity contribution >= 4 is 27.2 Å². The van der Waals surface area contributed by atoms with Crippen molar-refractivity contribution in [3.63, 3.8) is 0 Å². The Morgan fingerprint density at radius 3 is 2.48 bits per heavy atom. The van der Waals surface area contributed by atoms with Gasteiger partial charge in [0.05, 0.1) is 10.5 Å². The van der Waals surface area contributed by atoms with Gasteiger partial charge in [0.25, 0.3) is 0 Å². The topological polar surface area (TPSA) is 72.2 Å². The van der Waals surface area contributed by atoms with Gasteiger partial charge in [0.2, 0.25) is 10.0 Å². The van der Waals surface area contributed by atoms with Crippen LogP contribution in [0.1, 0.15) is 32.6 Å². The van der Waals surface area contributed by atoms with E-state index in [0.29, 0.717) is 18.8 Å². The molecule has 0 amide bonds. The highest BCUT2D eigenvalue weighted by molar-refractivity contribution is 7.89. The summed E-state index contributed by atoms with van der Waals surface area (Å²) in [7, 11) is -4.00. The molecule has 0 heterocycles. The van der Waals surface area contributed by atoms with Gasteiger partial charge < -0.3 is 5.73 Å². The van der Waals surface area contributed by atoms with Crippen molar-refractivity contribution < 1.29 is 12.8 Å². The quantitative estimate of drug-likeness (QED) is 0.831. The lowest BCUT2D eigenvalue weighted by Gasteiger charge is -2.38. The summed E-state index contributed by atoms with van der Waals surface area (Å²) in [5.41, 5.74) is 4.83. The SMILES string of the molecule is CC1CCC(NS(=O)(=O)c2ccccc2F)(C(N)=S)CC1. The molecule has 0 saturated heterocycles. The third-order valence-electron chi connectivity index (χ3n) is 4.06. The van der Waals surface area contributed by atoms with Crippen molar-refractivity contribution in [2.24, 2.45) is 11.7 Å². The Kier molecular flexibility index (Phi) is 4.65. The molecule has 0 unspecified atom stereocenters. The maximum absolute atomic E-state index is 13.7. The fraction of sp³-hybridized carbons (Fsp3) is 0.500. The molecule has 0 atom stereocenters. The predicted molar refractivity (Wildman–Crippen MR) is 83.9 cm³/mol. The maximum atomic E-state index is 13.7. The minimum Gasteiger partial charge on any atom is -0.392 e. The largest absolute Gasteiger partial charge is 0.392 e. The molecule has 0 aliphatic heterocycles. The number of thiocarbonyl (C=S) groups is 1. The second-order valence-corrected chi connectivity index (χ2v) is 7.76. The molecule has 0 bridgehead atoms. The highest BCUT2D eigenvalue weighted by Crippen LogP contribution is 2.33. The number of nitrogens with one attached hydrogen (secondary N) is 1. The normalized spacial score (nSPS) is 26.5. The van der Waals surface area contributed by atoms with E-state index in [9.17, 15) is 12.8 Å². The number of nitrogens with two attached hydrogens (primary N) is 1. The Morgan fingerprint density at radius 1 is 1.38 bits per heavy atom. The first-order chi connectivity index (χ1) is 9.77. The summed E-state index contributed by atoms with van der Waals surface area (Å²) in [6.07, 6.45) is 2.74. The van der Waals surface area contributed by atoms with Gasteiger partial charge in [0, 0.05) is 0 Å². The van der Waals surface area contributed by atoms with Gasteiger partial charge in [-0.3, -0.25) is 0 Å². The standard InChI is InChI=1S/C14H19FN2O2S2/c1-10-6-8-14(9-7-10,13(16)20)17-21(18,19)12-5-3-2-4-11(12)15/h2-5,10,17H,6-9H2,1H3,(H2,16,20). The van der Waals surface area contributed by atoms with Crippen LogP contribution >= 0.6 is 12.2 Å². The zero-order valence-electron chi connectivity index (χ0n) is 11.8. The van der Waals surface area contributed by atoms with Crippen LogP contribution in [0.25, 0.3) is 0 Å². The third-order valence-corrected chi connectivity index (χ3v) is 6.02. The van der Waals surface area contributed by atoms with Gasteiger partial charge in [-0.05, 0) is 43.7 Å². The fourth-order valence-electron chi connectivity index (χ4n) is 2.63. The molecule has 1 aliphatic rings. The van der Waals surface area contributed by atoms with Crippen LogP contribution in [0, 0.1) is 11.7 Å². The van der Waals surface area contributed by atoms with Crippen LogP contribution in [0.4, 0.5) is 4.39 Å². The first-order valence-electron chi connectivity index (χ1n) is 6.85. The maximum Gasteiger partial charge on any atom is 0.244 e. The molecule has 0 aromatic heterocycles. The highest BCUT2D eigenvalue weighted by Gasteiger charge is 2.41. The van der Waals surface area contributed by atoms with E-state index < -0.39 is 21.4 Å². The Hall–Kier alpha value is -1.05. The van der Waals surface area contributed by atoms with Gasteiger partial charge >= 0.3 is 0 Å². The fourth-order valence-corrected chi connectivity index (χ4v) is 4.47. The first kappa shape index (κ1) is 16.3. The van der Waals surface area contributed by atoms with Gasteiger partial charge in [-0.1, -0.05) is 31.3 Å². The Balaban J connectivity index is 2.33. The predicted octanol–water partition coefficient (Wildman–Crippen LogP) is 2.34. The van der Waals surface area contributed by atoms with Crippen LogP contribution in [0.2, 0.25) is 0 Å². The van der Waals surface area contributed by atoms with Crippen LogP contribution in [0.3, 0.4) is 0 Å². The highest BCUT2D eigenvalue weighted by atomic mass is 32.2. The molecule has 7 heteroatoms. The van der Waals surface area contributed by atoms with Crippen molar-refractivity contribution in [1.82, 2.24) is 4.72 Å². The van der Waals surface area contributed by atoms with Gasteiger partial charge in [-0.2, -0.15) is 4.72 Å². The van der Waals surface area contributed by atoms with Crippen LogP contribution < -0.4 is 10.5 Å². The van der Waals surface area contributed by atoms with E-state index in [2.05, 4.69) is 11.6 Å². The lowest BCUT2D eigenvalue weighted by Crippen LogP contribution is -2.58. The molecule has 21 heavy (non-hydrogen) atoms. The van der Waals surface area contributed by atoms with Crippen molar-refractivity contribution in [3.05, 3.63) is 30.1 Å². The smallest absolute Gasteiger partial charge is 0.244 e. The van der Waals surface area contributed by atoms with E-state index in [4.69, 9.17) is 18.0 Å². The molecule has 1 aromatic carbocycles. The molecule has 1 aliphatic carbocycles. The van der Waals surface area contributed by atoms with E-state index in [1.165, 1.54) is 18.2 Å². The number of hydrogen-bond acceptors (Lipinski definition) is 3. The second kappa shape index (κ2) is 5.98. The van der Waals surface area contributed by atoms with Crippen LogP contribution in [0.15, 0.2) is 29.2 Å². The minimum atomic E-state index is -4.00. The van der Waals surface area contributed by atoms with E-state index >= 15 is 0 Å². The third kappa shape index (κ3) is 3.41. The molecular formula is C14H19FN2O2S2. The van der Waals surface area contributed by atoms with E-state index in [1.54, 1.807) is 0 Å². The first-order valence-corrected chi connectivity index (χ1v) is 8.74. The Morgan fingerprint density at radius 2 is 1.95 bits per heavy atom. The molecule has 2 rings (SSSR count). The van der Waals surface area contributed by atoms with Crippen LogP contribution in [-0.4, -0.2) is 18.9 Å². The van der Waals surface area contributed by atoms with Crippen molar-refractivity contribution in [3.8, 4) is 0 Å². The number of hydrogen-bond donors (Lipinski definition) is 2. The van der Waals surface area contributed by atoms with Gasteiger partial charge in [0.1, 0.15) is 10.7 Å². The molecule has 3 N–H and O–H groups in total. The van der Waals surface area contributed by atoms with Gasteiger partial charge in [-0.25, -0.2) is 12.8 Å². The van der Waals surface area contributed by atoms with Gasteiger partial charge in [-0.15, -0.1) is 0 Å². The lowest BCUT2D eigenvalue weighted by molar-refractivity contribution is 0.289. The number of halogens is 1. The Labute approximate surface area is 130 Å². The molecule has 4 nitrogen and oxygen atoms in total. The summed E-state index contributed by atoms with van der Waals surface area (Å²) in [5, 5.41) is 0. The zero-order valence-corrected chi connectivity index (χ0v) is 13.4. The summed E-state index contributed by atoms with van der Waals surface area (Å²) in [5.74, 6) is -0.280. The summed E-state index contributed by atoms with van der Waals surface area (Å²) >= 11 is 5.07. The number of rotatable bonds is 4. The van der Waals surface area contributed by atoms with Crippen LogP contribution in [-0.2, 0) is 10.0 Å². The zero-order chi connectivity index (χ0) is 15.7. The van der Waals surface area contributed by atoms with Crippen molar-refractivity contribution in [1.29, 1.82) is 0 Å². The summed E-state index contributed by atoms with van der Waals surface area (Å²) < 4.78 is 41.2. The van der Waals surface area contributed by atoms with E-state index in [-0.39, 0.29) is 9.88 Å². The molecule has 116 valence electrons. The second-order valence-electron chi connectivity index (χ2n) is 5.66. The molecular weight excluding hydrogens is 311 g/mol. The summed E-state index contributed by atoms with van der Waals surface area (Å²) in [6.45, 7) is 2.11. The minimum absolute atomic E-state index is 0.120. The van der Waals surface area contributed by atoms with E-state index in [0.717, 1.165) is 18.9 Å². The molecule has 1 saturated carbocycles. The summed E-state index contributed by atoms with van der Waals surface area (Å²) in [6, 6.07) is 5.27. The average Bonchev–Trinajstić information content (AvgIpc) is 2.41. The summed E-state index contributed by atoms with van der Waals surface area (Å²) in [4.78, 5) is -0.256. The number of sulfonamides is 1. The average molecular weight is 330 g/mol. The monoisotopic (exact) mass is 330 g/mol. The number of benzene rings is 1. The molecule has 0 radical (unpaired) electrons. The van der Waals surface area contributed by atoms with Crippen LogP contribution in [0.5, 0.6) is 0 Å². The molecule has 0 spiro atoms. The molecule has 1 fully saturated rings.